The number of sulfonamides is 1. The molecule has 0 radical (unpaired) electrons. The minimum atomic E-state index is -3.14. The van der Waals surface area contributed by atoms with Crippen molar-refractivity contribution in [3.63, 3.8) is 0 Å². The number of amides is 1. The Kier molecular flexibility index (Phi) is 6.03. The molecule has 1 saturated carbocycles. The van der Waals surface area contributed by atoms with Crippen LogP contribution in [-0.2, 0) is 20.2 Å². The summed E-state index contributed by atoms with van der Waals surface area (Å²) in [6.07, 6.45) is 8.30. The Labute approximate surface area is 175 Å². The minimum absolute atomic E-state index is 0.0226. The van der Waals surface area contributed by atoms with E-state index in [0.717, 1.165) is 44.9 Å². The molecule has 4 rings (SSSR count). The lowest BCUT2D eigenvalue weighted by molar-refractivity contribution is -0.122. The predicted octanol–water partition coefficient (Wildman–Crippen LogP) is 3.70. The van der Waals surface area contributed by atoms with Gasteiger partial charge in [0.25, 0.3) is 0 Å². The molecule has 6 heteroatoms. The number of nitrogens with one attached hydrogen (secondary N) is 1. The second-order valence-corrected chi connectivity index (χ2v) is 11.3. The third-order valence-electron chi connectivity index (χ3n) is 7.34. The zero-order chi connectivity index (χ0) is 20.5. The lowest BCUT2D eigenvalue weighted by Crippen LogP contribution is -2.45. The van der Waals surface area contributed by atoms with Crippen LogP contribution in [0.15, 0.2) is 24.3 Å². The summed E-state index contributed by atoms with van der Waals surface area (Å²) in [7, 11) is -3.14. The highest BCUT2D eigenvalue weighted by Gasteiger charge is 2.47. The summed E-state index contributed by atoms with van der Waals surface area (Å²) in [5.74, 6) is 0.678. The van der Waals surface area contributed by atoms with Crippen LogP contribution in [0.3, 0.4) is 0 Å². The summed E-state index contributed by atoms with van der Waals surface area (Å²) in [6.45, 7) is 3.22. The van der Waals surface area contributed by atoms with E-state index in [0.29, 0.717) is 25.6 Å². The molecule has 3 aliphatic rings. The molecule has 1 unspecified atom stereocenters. The van der Waals surface area contributed by atoms with Crippen molar-refractivity contribution < 1.29 is 13.2 Å². The van der Waals surface area contributed by atoms with Gasteiger partial charge in [-0.2, -0.15) is 0 Å². The van der Waals surface area contributed by atoms with E-state index < -0.39 is 10.0 Å². The average molecular weight is 419 g/mol. The Morgan fingerprint density at radius 1 is 1.21 bits per heavy atom. The van der Waals surface area contributed by atoms with Crippen molar-refractivity contribution in [2.24, 2.45) is 0 Å². The third-order valence-corrected chi connectivity index (χ3v) is 9.30. The van der Waals surface area contributed by atoms with Crippen molar-refractivity contribution >= 4 is 15.9 Å². The van der Waals surface area contributed by atoms with Gasteiger partial charge in [0.05, 0.1) is 5.75 Å². The topological polar surface area (TPSA) is 66.5 Å². The molecule has 0 aromatic heterocycles. The quantitative estimate of drug-likeness (QED) is 0.734. The van der Waals surface area contributed by atoms with E-state index in [9.17, 15) is 13.2 Å². The maximum atomic E-state index is 12.6. The first-order chi connectivity index (χ1) is 13.9. The number of fused-ring (bicyclic) bond motifs is 2. The lowest BCUT2D eigenvalue weighted by atomic mass is 9.73. The lowest BCUT2D eigenvalue weighted by Gasteiger charge is -2.40. The van der Waals surface area contributed by atoms with Gasteiger partial charge >= 0.3 is 0 Å². The van der Waals surface area contributed by atoms with Gasteiger partial charge in [0.2, 0.25) is 15.9 Å². The molecular formula is C23H34N2O3S. The van der Waals surface area contributed by atoms with Crippen LogP contribution in [0.2, 0.25) is 0 Å². The van der Waals surface area contributed by atoms with Crippen LogP contribution < -0.4 is 5.32 Å². The Hall–Kier alpha value is -1.40. The van der Waals surface area contributed by atoms with Gasteiger partial charge in [-0.25, -0.2) is 12.7 Å². The summed E-state index contributed by atoms with van der Waals surface area (Å²) in [6, 6.07) is 8.92. The van der Waals surface area contributed by atoms with Gasteiger partial charge in [-0.15, -0.1) is 0 Å². The van der Waals surface area contributed by atoms with E-state index >= 15 is 0 Å². The fraction of sp³-hybridized carbons (Fsp3) is 0.696. The maximum absolute atomic E-state index is 12.6. The van der Waals surface area contributed by atoms with Crippen LogP contribution in [0, 0.1) is 0 Å². The Morgan fingerprint density at radius 2 is 1.93 bits per heavy atom. The summed E-state index contributed by atoms with van der Waals surface area (Å²) in [5.41, 5.74) is 2.68. The van der Waals surface area contributed by atoms with Gasteiger partial charge in [0, 0.05) is 25.6 Å². The number of carbonyl (C=O) groups excluding carboxylic acids is 1. The number of rotatable bonds is 7. The van der Waals surface area contributed by atoms with Crippen molar-refractivity contribution in [3.8, 4) is 0 Å². The van der Waals surface area contributed by atoms with Crippen LogP contribution in [0.4, 0.5) is 0 Å². The fourth-order valence-electron chi connectivity index (χ4n) is 5.39. The number of hydrogen-bond donors (Lipinski definition) is 1. The van der Waals surface area contributed by atoms with Crippen LogP contribution in [0.25, 0.3) is 0 Å². The zero-order valence-electron chi connectivity index (χ0n) is 17.5. The molecule has 29 heavy (non-hydrogen) atoms. The van der Waals surface area contributed by atoms with Crippen LogP contribution in [-0.4, -0.2) is 43.5 Å². The first kappa shape index (κ1) is 20.9. The first-order valence-corrected chi connectivity index (χ1v) is 12.9. The highest BCUT2D eigenvalue weighted by molar-refractivity contribution is 7.89. The molecule has 160 valence electrons. The standard InChI is InChI=1S/C23H34N2O3S/c1-2-3-15-29(27,28)25-13-11-23(12-14-25)17-18(20-9-4-5-10-21(20)23)16-22(26)24-19-7-6-8-19/h4-5,9-10,18-19H,2-3,6-8,11-17H2,1H3,(H,24,26). The fourth-order valence-corrected chi connectivity index (χ4v) is 7.04. The van der Waals surface area contributed by atoms with Crippen LogP contribution in [0.5, 0.6) is 0 Å². The number of nitrogens with zero attached hydrogens (tertiary/aromatic N) is 1. The SMILES string of the molecule is CCCCS(=O)(=O)N1CCC2(CC1)CC(CC(=O)NC1CCC1)c1ccccc12. The maximum Gasteiger partial charge on any atom is 0.220 e. The molecule has 1 amide bonds. The molecule has 2 fully saturated rings. The van der Waals surface area contributed by atoms with E-state index in [-0.39, 0.29) is 23.0 Å². The van der Waals surface area contributed by atoms with Crippen molar-refractivity contribution in [1.29, 1.82) is 0 Å². The summed E-state index contributed by atoms with van der Waals surface area (Å²) in [5, 5.41) is 3.19. The summed E-state index contributed by atoms with van der Waals surface area (Å²) < 4.78 is 26.9. The second kappa shape index (κ2) is 8.38. The Morgan fingerprint density at radius 3 is 2.59 bits per heavy atom. The smallest absolute Gasteiger partial charge is 0.220 e. The Bertz CT molecular complexity index is 839. The van der Waals surface area contributed by atoms with Crippen molar-refractivity contribution in [2.45, 2.75) is 82.1 Å². The molecule has 1 aromatic rings. The highest BCUT2D eigenvalue weighted by atomic mass is 32.2. The number of unbranched alkanes of at least 4 members (excludes halogenated alkanes) is 1. The molecule has 1 aromatic carbocycles. The predicted molar refractivity (Wildman–Crippen MR) is 115 cm³/mol. The number of hydrogen-bond acceptors (Lipinski definition) is 3. The van der Waals surface area contributed by atoms with Gasteiger partial charge in [-0.05, 0) is 67.4 Å². The molecule has 1 atom stereocenters. The van der Waals surface area contributed by atoms with E-state index in [4.69, 9.17) is 0 Å². The monoisotopic (exact) mass is 418 g/mol. The summed E-state index contributed by atoms with van der Waals surface area (Å²) >= 11 is 0. The zero-order valence-corrected chi connectivity index (χ0v) is 18.3. The van der Waals surface area contributed by atoms with Gasteiger partial charge in [0.15, 0.2) is 0 Å². The third kappa shape index (κ3) is 4.24. The molecule has 1 N–H and O–H groups in total. The molecule has 0 bridgehead atoms. The molecule has 1 saturated heterocycles. The molecule has 1 heterocycles. The number of benzene rings is 1. The van der Waals surface area contributed by atoms with Gasteiger partial charge in [0.1, 0.15) is 0 Å². The van der Waals surface area contributed by atoms with E-state index in [1.165, 1.54) is 17.5 Å². The van der Waals surface area contributed by atoms with Crippen molar-refractivity contribution in [3.05, 3.63) is 35.4 Å². The van der Waals surface area contributed by atoms with E-state index in [2.05, 4.69) is 29.6 Å². The average Bonchev–Trinajstić information content (AvgIpc) is 2.97. The van der Waals surface area contributed by atoms with Gasteiger partial charge in [-0.1, -0.05) is 37.6 Å². The van der Waals surface area contributed by atoms with Crippen LogP contribution in [0.1, 0.15) is 81.8 Å². The molecule has 1 aliphatic heterocycles. The molecule has 1 spiro atoms. The summed E-state index contributed by atoms with van der Waals surface area (Å²) in [4.78, 5) is 12.6. The second-order valence-electron chi connectivity index (χ2n) is 9.24. The van der Waals surface area contributed by atoms with Gasteiger partial charge < -0.3 is 5.32 Å². The van der Waals surface area contributed by atoms with E-state index in [1.807, 2.05) is 6.92 Å². The van der Waals surface area contributed by atoms with Crippen molar-refractivity contribution in [2.75, 3.05) is 18.8 Å². The van der Waals surface area contributed by atoms with E-state index in [1.54, 1.807) is 4.31 Å². The molecule has 2 aliphatic carbocycles. The largest absolute Gasteiger partial charge is 0.353 e. The minimum Gasteiger partial charge on any atom is -0.353 e. The normalized spacial score (nSPS) is 24.2. The number of carbonyl (C=O) groups is 1. The van der Waals surface area contributed by atoms with Crippen LogP contribution >= 0.6 is 0 Å². The first-order valence-electron chi connectivity index (χ1n) is 11.3. The highest BCUT2D eigenvalue weighted by Crippen LogP contribution is 2.52. The van der Waals surface area contributed by atoms with Crippen molar-refractivity contribution in [1.82, 2.24) is 9.62 Å². The molecule has 5 nitrogen and oxygen atoms in total. The van der Waals surface area contributed by atoms with Gasteiger partial charge in [-0.3, -0.25) is 4.79 Å². The molecular weight excluding hydrogens is 384 g/mol. The Balaban J connectivity index is 1.45. The number of piperidine rings is 1.